The smallest absolute Gasteiger partial charge is 0.150 e. The Morgan fingerprint density at radius 1 is 0.833 bits per heavy atom. The van der Waals surface area contributed by atoms with Crippen molar-refractivity contribution in [2.45, 2.75) is 19.3 Å². The van der Waals surface area contributed by atoms with Gasteiger partial charge in [-0.1, -0.05) is 67.9 Å². The molecule has 3 aromatic rings. The van der Waals surface area contributed by atoms with Crippen molar-refractivity contribution in [3.63, 3.8) is 0 Å². The molecule has 0 atom stereocenters. The SMILES string of the molecule is CC1(C)c2ccccc2-c2c(-c3cc(Cl)ccc3C=O)cccc21. The fraction of sp³-hybridized carbons (Fsp3) is 0.136. The number of carbonyl (C=O) groups is 1. The summed E-state index contributed by atoms with van der Waals surface area (Å²) in [6.45, 7) is 4.50. The Morgan fingerprint density at radius 2 is 1.54 bits per heavy atom. The van der Waals surface area contributed by atoms with Crippen LogP contribution < -0.4 is 0 Å². The van der Waals surface area contributed by atoms with Crippen molar-refractivity contribution in [3.8, 4) is 22.3 Å². The first-order valence-corrected chi connectivity index (χ1v) is 8.40. The second kappa shape index (κ2) is 5.32. The van der Waals surface area contributed by atoms with Gasteiger partial charge in [0.15, 0.2) is 6.29 Å². The molecule has 1 aliphatic rings. The summed E-state index contributed by atoms with van der Waals surface area (Å²) in [4.78, 5) is 11.5. The second-order valence-corrected chi connectivity index (χ2v) is 7.18. The van der Waals surface area contributed by atoms with Crippen LogP contribution in [0.15, 0.2) is 60.7 Å². The van der Waals surface area contributed by atoms with Crippen LogP contribution in [0.3, 0.4) is 0 Å². The standard InChI is InChI=1S/C22H17ClO/c1-22(2)19-8-4-3-6-17(19)21-16(7-5-9-20(21)22)18-12-15(23)11-10-14(18)13-24/h3-13H,1-2H3. The van der Waals surface area contributed by atoms with E-state index in [4.69, 9.17) is 11.6 Å². The molecule has 0 unspecified atom stereocenters. The lowest BCUT2D eigenvalue weighted by molar-refractivity contribution is 0.112. The van der Waals surface area contributed by atoms with E-state index in [1.165, 1.54) is 22.3 Å². The first-order chi connectivity index (χ1) is 11.5. The van der Waals surface area contributed by atoms with Gasteiger partial charge in [0.1, 0.15) is 0 Å². The minimum Gasteiger partial charge on any atom is -0.298 e. The maximum atomic E-state index is 11.5. The highest BCUT2D eigenvalue weighted by Gasteiger charge is 2.36. The predicted molar refractivity (Wildman–Crippen MR) is 99.8 cm³/mol. The molecule has 118 valence electrons. The summed E-state index contributed by atoms with van der Waals surface area (Å²) in [6.07, 6.45) is 0.900. The van der Waals surface area contributed by atoms with Gasteiger partial charge < -0.3 is 0 Å². The van der Waals surface area contributed by atoms with Gasteiger partial charge in [-0.3, -0.25) is 4.79 Å². The molecule has 0 saturated heterocycles. The van der Waals surface area contributed by atoms with Crippen molar-refractivity contribution in [1.82, 2.24) is 0 Å². The molecule has 0 spiro atoms. The zero-order valence-electron chi connectivity index (χ0n) is 13.6. The first-order valence-electron chi connectivity index (χ1n) is 8.02. The minimum atomic E-state index is -0.0537. The van der Waals surface area contributed by atoms with Gasteiger partial charge in [0, 0.05) is 16.0 Å². The average molecular weight is 333 g/mol. The van der Waals surface area contributed by atoms with Gasteiger partial charge in [-0.15, -0.1) is 0 Å². The van der Waals surface area contributed by atoms with Crippen molar-refractivity contribution in [2.24, 2.45) is 0 Å². The summed E-state index contributed by atoms with van der Waals surface area (Å²) < 4.78 is 0. The van der Waals surface area contributed by atoms with Crippen LogP contribution in [0, 0.1) is 0 Å². The monoisotopic (exact) mass is 332 g/mol. The molecule has 24 heavy (non-hydrogen) atoms. The van der Waals surface area contributed by atoms with Crippen LogP contribution in [0.5, 0.6) is 0 Å². The molecule has 0 fully saturated rings. The van der Waals surface area contributed by atoms with Crippen LogP contribution in [0.1, 0.15) is 35.3 Å². The predicted octanol–water partition coefficient (Wildman–Crippen LogP) is 6.13. The van der Waals surface area contributed by atoms with E-state index < -0.39 is 0 Å². The van der Waals surface area contributed by atoms with E-state index in [-0.39, 0.29) is 5.41 Å². The van der Waals surface area contributed by atoms with Crippen molar-refractivity contribution < 1.29 is 4.79 Å². The molecule has 0 radical (unpaired) electrons. The van der Waals surface area contributed by atoms with E-state index in [0.717, 1.165) is 17.4 Å². The first kappa shape index (κ1) is 15.2. The van der Waals surface area contributed by atoms with E-state index in [2.05, 4.69) is 56.3 Å². The van der Waals surface area contributed by atoms with E-state index in [9.17, 15) is 4.79 Å². The number of hydrogen-bond acceptors (Lipinski definition) is 1. The highest BCUT2D eigenvalue weighted by Crippen LogP contribution is 2.52. The third-order valence-electron chi connectivity index (χ3n) is 5.04. The average Bonchev–Trinajstić information content (AvgIpc) is 2.83. The lowest BCUT2D eigenvalue weighted by Gasteiger charge is -2.21. The highest BCUT2D eigenvalue weighted by atomic mass is 35.5. The molecule has 0 aliphatic heterocycles. The molecular weight excluding hydrogens is 316 g/mol. The summed E-state index contributed by atoms with van der Waals surface area (Å²) in [5, 5.41) is 0.638. The largest absolute Gasteiger partial charge is 0.298 e. The Kier molecular flexibility index (Phi) is 3.36. The van der Waals surface area contributed by atoms with E-state index in [1.54, 1.807) is 12.1 Å². The van der Waals surface area contributed by atoms with Gasteiger partial charge in [0.05, 0.1) is 0 Å². The van der Waals surface area contributed by atoms with Crippen molar-refractivity contribution in [2.75, 3.05) is 0 Å². The summed E-state index contributed by atoms with van der Waals surface area (Å²) >= 11 is 6.21. The quantitative estimate of drug-likeness (QED) is 0.516. The van der Waals surface area contributed by atoms with Crippen LogP contribution in [-0.4, -0.2) is 6.29 Å². The van der Waals surface area contributed by atoms with Crippen molar-refractivity contribution >= 4 is 17.9 Å². The summed E-state index contributed by atoms with van der Waals surface area (Å²) in [6, 6.07) is 20.3. The number of aldehydes is 1. The van der Waals surface area contributed by atoms with Crippen LogP contribution >= 0.6 is 11.6 Å². The van der Waals surface area contributed by atoms with Gasteiger partial charge in [-0.25, -0.2) is 0 Å². The van der Waals surface area contributed by atoms with Gasteiger partial charge in [0.2, 0.25) is 0 Å². The van der Waals surface area contributed by atoms with Gasteiger partial charge >= 0.3 is 0 Å². The van der Waals surface area contributed by atoms with Gasteiger partial charge in [-0.2, -0.15) is 0 Å². The Hall–Kier alpha value is -2.38. The number of fused-ring (bicyclic) bond motifs is 3. The molecule has 0 saturated carbocycles. The third kappa shape index (κ3) is 2.05. The Bertz CT molecular complexity index is 969. The van der Waals surface area contributed by atoms with Gasteiger partial charge in [-0.05, 0) is 51.6 Å². The highest BCUT2D eigenvalue weighted by molar-refractivity contribution is 6.31. The lowest BCUT2D eigenvalue weighted by Crippen LogP contribution is -2.14. The molecule has 0 aromatic heterocycles. The Balaban J connectivity index is 2.09. The molecule has 0 bridgehead atoms. The van der Waals surface area contributed by atoms with E-state index in [1.807, 2.05) is 6.07 Å². The minimum absolute atomic E-state index is 0.0537. The van der Waals surface area contributed by atoms with Gasteiger partial charge in [0.25, 0.3) is 0 Å². The fourth-order valence-electron chi connectivity index (χ4n) is 3.84. The number of rotatable bonds is 2. The molecule has 2 heteroatoms. The molecule has 0 heterocycles. The van der Waals surface area contributed by atoms with Crippen molar-refractivity contribution in [1.29, 1.82) is 0 Å². The maximum absolute atomic E-state index is 11.5. The molecule has 0 N–H and O–H groups in total. The van der Waals surface area contributed by atoms with E-state index in [0.29, 0.717) is 10.6 Å². The molecule has 1 nitrogen and oxygen atoms in total. The number of hydrogen-bond donors (Lipinski definition) is 0. The maximum Gasteiger partial charge on any atom is 0.150 e. The van der Waals surface area contributed by atoms with Crippen LogP contribution in [0.2, 0.25) is 5.02 Å². The zero-order valence-corrected chi connectivity index (χ0v) is 14.4. The molecule has 0 amide bonds. The molecular formula is C22H17ClO. The van der Waals surface area contributed by atoms with Crippen LogP contribution in [-0.2, 0) is 5.41 Å². The van der Waals surface area contributed by atoms with Crippen LogP contribution in [0.25, 0.3) is 22.3 Å². The fourth-order valence-corrected chi connectivity index (χ4v) is 4.02. The summed E-state index contributed by atoms with van der Waals surface area (Å²) in [5.74, 6) is 0. The Labute approximate surface area is 146 Å². The number of benzene rings is 3. The molecule has 1 aliphatic carbocycles. The zero-order chi connectivity index (χ0) is 16.9. The van der Waals surface area contributed by atoms with Crippen molar-refractivity contribution in [3.05, 3.63) is 82.4 Å². The number of carbonyl (C=O) groups excluding carboxylic acids is 1. The topological polar surface area (TPSA) is 17.1 Å². The second-order valence-electron chi connectivity index (χ2n) is 6.75. The lowest BCUT2D eigenvalue weighted by atomic mass is 9.82. The number of halogens is 1. The molecule has 4 rings (SSSR count). The summed E-state index contributed by atoms with van der Waals surface area (Å²) in [7, 11) is 0. The Morgan fingerprint density at radius 3 is 2.33 bits per heavy atom. The van der Waals surface area contributed by atoms with E-state index >= 15 is 0 Å². The molecule has 3 aromatic carbocycles. The third-order valence-corrected chi connectivity index (χ3v) is 5.28. The normalized spacial score (nSPS) is 14.1. The summed E-state index contributed by atoms with van der Waals surface area (Å²) in [5.41, 5.74) is 7.63. The van der Waals surface area contributed by atoms with Crippen LogP contribution in [0.4, 0.5) is 0 Å².